The molecular weight excluding hydrogens is 458 g/mol. The van der Waals surface area contributed by atoms with Crippen LogP contribution in [0.4, 0.5) is 11.4 Å². The fourth-order valence-electron chi connectivity index (χ4n) is 4.24. The Hall–Kier alpha value is -3.29. The molecule has 2 aromatic carbocycles. The van der Waals surface area contributed by atoms with Crippen LogP contribution in [0.3, 0.4) is 0 Å². The van der Waals surface area contributed by atoms with Gasteiger partial charge in [-0.3, -0.25) is 4.55 Å². The van der Waals surface area contributed by atoms with E-state index in [1.807, 2.05) is 6.08 Å². The van der Waals surface area contributed by atoms with Crippen LogP contribution in [0.25, 0.3) is 10.8 Å². The van der Waals surface area contributed by atoms with E-state index in [2.05, 4.69) is 66.6 Å². The molecule has 2 aromatic rings. The van der Waals surface area contributed by atoms with E-state index >= 15 is 0 Å². The Bertz CT molecular complexity index is 1410. The lowest BCUT2D eigenvalue weighted by molar-refractivity contribution is 0.484. The second-order valence-electron chi connectivity index (χ2n) is 9.55. The summed E-state index contributed by atoms with van der Waals surface area (Å²) >= 11 is 0. The van der Waals surface area contributed by atoms with Crippen molar-refractivity contribution < 1.29 is 13.0 Å². The molecule has 2 aliphatic rings. The smallest absolute Gasteiger partial charge is 0.295 e. The Kier molecular flexibility index (Phi) is 7.19. The van der Waals surface area contributed by atoms with Gasteiger partial charge >= 0.3 is 0 Å². The highest BCUT2D eigenvalue weighted by molar-refractivity contribution is 7.86. The lowest BCUT2D eigenvalue weighted by atomic mass is 9.92. The van der Waals surface area contributed by atoms with Crippen LogP contribution in [-0.4, -0.2) is 19.0 Å². The molecule has 0 bridgehead atoms. The summed E-state index contributed by atoms with van der Waals surface area (Å²) in [6.45, 7) is 4.35. The lowest BCUT2D eigenvalue weighted by Gasteiger charge is -2.12. The van der Waals surface area contributed by atoms with E-state index in [1.165, 1.54) is 6.07 Å². The predicted molar refractivity (Wildman–Crippen MR) is 142 cm³/mol. The van der Waals surface area contributed by atoms with Gasteiger partial charge < -0.3 is 5.73 Å². The maximum absolute atomic E-state index is 12.0. The molecule has 0 fully saturated rings. The molecule has 1 unspecified atom stereocenters. The molecule has 0 heterocycles. The summed E-state index contributed by atoms with van der Waals surface area (Å²) in [7, 11) is -4.46. The van der Waals surface area contributed by atoms with Crippen LogP contribution in [-0.2, 0) is 10.1 Å². The van der Waals surface area contributed by atoms with E-state index in [4.69, 9.17) is 5.73 Å². The number of azo groups is 1. The summed E-state index contributed by atoms with van der Waals surface area (Å²) in [5, 5.41) is 9.72. The highest BCUT2D eigenvalue weighted by Gasteiger charge is 2.19. The average molecular weight is 490 g/mol. The van der Waals surface area contributed by atoms with Crippen molar-refractivity contribution in [3.8, 4) is 0 Å². The van der Waals surface area contributed by atoms with Crippen LogP contribution < -0.4 is 5.73 Å². The number of nitrogens with two attached hydrogens (primary N) is 1. The van der Waals surface area contributed by atoms with Gasteiger partial charge in [0.05, 0.1) is 11.7 Å². The predicted octanol–water partition coefficient (Wildman–Crippen LogP) is 7.26. The van der Waals surface area contributed by atoms with Gasteiger partial charge in [0.25, 0.3) is 10.1 Å². The molecule has 0 spiro atoms. The van der Waals surface area contributed by atoms with E-state index < -0.39 is 10.1 Å². The van der Waals surface area contributed by atoms with E-state index in [-0.39, 0.29) is 22.0 Å². The Morgan fingerprint density at radius 1 is 1.06 bits per heavy atom. The van der Waals surface area contributed by atoms with Gasteiger partial charge in [0, 0.05) is 16.2 Å². The molecule has 35 heavy (non-hydrogen) atoms. The Morgan fingerprint density at radius 3 is 2.60 bits per heavy atom. The van der Waals surface area contributed by atoms with Crippen LogP contribution in [0.15, 0.2) is 105 Å². The van der Waals surface area contributed by atoms with Crippen LogP contribution in [0.1, 0.15) is 39.5 Å². The molecular formula is C28H31N3O3S. The van der Waals surface area contributed by atoms with Crippen LogP contribution in [0, 0.1) is 5.41 Å². The summed E-state index contributed by atoms with van der Waals surface area (Å²) in [4.78, 5) is -0.227. The van der Waals surface area contributed by atoms with Crippen molar-refractivity contribution in [1.82, 2.24) is 0 Å². The number of nitrogen functional groups attached to an aromatic ring is 1. The zero-order chi connectivity index (χ0) is 25.1. The van der Waals surface area contributed by atoms with Crippen molar-refractivity contribution >= 4 is 32.3 Å². The standard InChI is InChI=1S/C28H31N3O3S/c1-28(2)17-8-10-21(16-18-28)20-9-4-3-5-11-22(15-14-20)30-31-25-19-26(35(32,33)34)23-12-6-7-13-24(23)27(25)29/h6-10,12-19,22H,3-5,11,29H2,1-2H3,(H,32,33,34)/b15-14-,20-9?,31-30?. The number of allylic oxidation sites excluding steroid dienone is 9. The average Bonchev–Trinajstić information content (AvgIpc) is 2.90. The molecule has 7 heteroatoms. The first-order chi connectivity index (χ1) is 16.6. The van der Waals surface area contributed by atoms with Gasteiger partial charge in [-0.2, -0.15) is 18.6 Å². The number of rotatable bonds is 4. The molecule has 4 rings (SSSR count). The van der Waals surface area contributed by atoms with Gasteiger partial charge in [0.15, 0.2) is 0 Å². The summed E-state index contributed by atoms with van der Waals surface area (Å²) in [5.41, 5.74) is 9.16. The van der Waals surface area contributed by atoms with Crippen molar-refractivity contribution in [2.75, 3.05) is 5.73 Å². The fraction of sp³-hybridized carbons (Fsp3) is 0.286. The van der Waals surface area contributed by atoms with E-state index in [0.717, 1.165) is 36.8 Å². The SMILES string of the molecule is CC1(C)C=CC=C(C2=CCCCCC(N=Nc3cc(S(=O)(=O)O)c4ccccc4c3N)/C=C\2)C=C1. The van der Waals surface area contributed by atoms with Crippen molar-refractivity contribution in [2.45, 2.75) is 50.5 Å². The minimum atomic E-state index is -4.46. The van der Waals surface area contributed by atoms with E-state index in [0.29, 0.717) is 16.5 Å². The zero-order valence-electron chi connectivity index (χ0n) is 20.1. The van der Waals surface area contributed by atoms with Gasteiger partial charge in [-0.05, 0) is 36.5 Å². The number of nitrogens with zero attached hydrogens (tertiary/aromatic N) is 2. The van der Waals surface area contributed by atoms with Gasteiger partial charge in [-0.1, -0.05) is 93.1 Å². The number of benzene rings is 2. The number of hydrogen-bond acceptors (Lipinski definition) is 5. The van der Waals surface area contributed by atoms with Crippen molar-refractivity contribution in [1.29, 1.82) is 0 Å². The van der Waals surface area contributed by atoms with Crippen LogP contribution >= 0.6 is 0 Å². The molecule has 0 amide bonds. The minimum Gasteiger partial charge on any atom is -0.396 e. The molecule has 0 aromatic heterocycles. The van der Waals surface area contributed by atoms with Crippen molar-refractivity contribution in [2.24, 2.45) is 15.6 Å². The van der Waals surface area contributed by atoms with E-state index in [1.54, 1.807) is 24.3 Å². The lowest BCUT2D eigenvalue weighted by Crippen LogP contribution is -2.02. The highest BCUT2D eigenvalue weighted by Crippen LogP contribution is 2.36. The van der Waals surface area contributed by atoms with Gasteiger partial charge in [-0.25, -0.2) is 0 Å². The first-order valence-corrected chi connectivity index (χ1v) is 13.3. The molecule has 0 saturated heterocycles. The minimum absolute atomic E-state index is 0.0124. The van der Waals surface area contributed by atoms with Gasteiger partial charge in [0.1, 0.15) is 10.6 Å². The Morgan fingerprint density at radius 2 is 1.83 bits per heavy atom. The summed E-state index contributed by atoms with van der Waals surface area (Å²) in [6, 6.07) is 7.88. The van der Waals surface area contributed by atoms with Crippen molar-refractivity contribution in [3.05, 3.63) is 90.1 Å². The molecule has 0 saturated carbocycles. The number of hydrogen-bond donors (Lipinski definition) is 2. The molecule has 2 aliphatic carbocycles. The van der Waals surface area contributed by atoms with Gasteiger partial charge in [-0.15, -0.1) is 0 Å². The maximum atomic E-state index is 12.0. The normalized spacial score (nSPS) is 21.6. The van der Waals surface area contributed by atoms with E-state index in [9.17, 15) is 13.0 Å². The molecule has 3 N–H and O–H groups in total. The number of anilines is 1. The number of fused-ring (bicyclic) bond motifs is 1. The Labute approximate surface area is 207 Å². The molecule has 6 nitrogen and oxygen atoms in total. The Balaban J connectivity index is 1.65. The van der Waals surface area contributed by atoms with Crippen molar-refractivity contribution in [3.63, 3.8) is 0 Å². The largest absolute Gasteiger partial charge is 0.396 e. The fourth-order valence-corrected chi connectivity index (χ4v) is 4.95. The summed E-state index contributed by atoms with van der Waals surface area (Å²) < 4.78 is 33.7. The second kappa shape index (κ2) is 10.1. The van der Waals surface area contributed by atoms with Crippen LogP contribution in [0.2, 0.25) is 0 Å². The summed E-state index contributed by atoms with van der Waals surface area (Å²) in [5.74, 6) is 0. The zero-order valence-corrected chi connectivity index (χ0v) is 20.9. The third-order valence-corrected chi connectivity index (χ3v) is 7.16. The molecule has 182 valence electrons. The highest BCUT2D eigenvalue weighted by atomic mass is 32.2. The third kappa shape index (κ3) is 6.05. The molecule has 0 radical (unpaired) electrons. The maximum Gasteiger partial charge on any atom is 0.295 e. The summed E-state index contributed by atoms with van der Waals surface area (Å²) in [6.07, 6.45) is 21.0. The first kappa shape index (κ1) is 24.8. The monoisotopic (exact) mass is 489 g/mol. The van der Waals surface area contributed by atoms with Crippen LogP contribution in [0.5, 0.6) is 0 Å². The second-order valence-corrected chi connectivity index (χ2v) is 10.9. The van der Waals surface area contributed by atoms with Gasteiger partial charge in [0.2, 0.25) is 0 Å². The third-order valence-electron chi connectivity index (χ3n) is 6.26. The quantitative estimate of drug-likeness (QED) is 0.268. The first-order valence-electron chi connectivity index (χ1n) is 11.8. The molecule has 1 atom stereocenters. The molecule has 0 aliphatic heterocycles. The topological polar surface area (TPSA) is 105 Å².